The minimum absolute atomic E-state index is 0.161. The number of fused-ring (bicyclic) bond motifs is 1. The molecule has 15 heavy (non-hydrogen) atoms. The Bertz CT molecular complexity index is 499. The van der Waals surface area contributed by atoms with Crippen LogP contribution in [0.5, 0.6) is 5.75 Å². The zero-order chi connectivity index (χ0) is 10.8. The zero-order valence-corrected chi connectivity index (χ0v) is 8.83. The predicted octanol–water partition coefficient (Wildman–Crippen LogP) is 2.31. The van der Waals surface area contributed by atoms with Gasteiger partial charge in [0.25, 0.3) is 0 Å². The molecule has 1 heterocycles. The van der Waals surface area contributed by atoms with Gasteiger partial charge in [-0.2, -0.15) is 0 Å². The van der Waals surface area contributed by atoms with Gasteiger partial charge in [0, 0.05) is 23.7 Å². The van der Waals surface area contributed by atoms with Crippen LogP contribution in [-0.2, 0) is 11.2 Å². The fourth-order valence-electron chi connectivity index (χ4n) is 1.66. The van der Waals surface area contributed by atoms with E-state index in [2.05, 4.69) is 4.98 Å². The molecule has 0 radical (unpaired) electrons. The summed E-state index contributed by atoms with van der Waals surface area (Å²) in [5.41, 5.74) is 1.95. The number of H-pyrrole nitrogens is 1. The highest BCUT2D eigenvalue weighted by atomic mass is 16.5. The van der Waals surface area contributed by atoms with E-state index in [1.54, 1.807) is 14.0 Å². The molecule has 0 aliphatic carbocycles. The molecule has 1 aromatic carbocycles. The fraction of sp³-hybridized carbons (Fsp3) is 0.250. The minimum atomic E-state index is 0.161. The molecule has 0 unspecified atom stereocenters. The molecule has 78 valence electrons. The summed E-state index contributed by atoms with van der Waals surface area (Å²) in [5.74, 6) is 0.979. The van der Waals surface area contributed by atoms with E-state index in [-0.39, 0.29) is 5.78 Å². The van der Waals surface area contributed by atoms with Crippen molar-refractivity contribution in [1.82, 2.24) is 4.98 Å². The number of benzene rings is 1. The molecule has 1 aromatic heterocycles. The van der Waals surface area contributed by atoms with Gasteiger partial charge in [-0.05, 0) is 30.5 Å². The molecule has 0 fully saturated rings. The van der Waals surface area contributed by atoms with Crippen LogP contribution in [0.25, 0.3) is 10.9 Å². The Hall–Kier alpha value is -1.77. The molecular formula is C12H13NO2. The van der Waals surface area contributed by atoms with Crippen LogP contribution >= 0.6 is 0 Å². The summed E-state index contributed by atoms with van der Waals surface area (Å²) in [6.45, 7) is 1.59. The first-order valence-electron chi connectivity index (χ1n) is 4.84. The Morgan fingerprint density at radius 3 is 2.87 bits per heavy atom. The first kappa shape index (κ1) is 9.77. The van der Waals surface area contributed by atoms with Crippen LogP contribution in [0.2, 0.25) is 0 Å². The molecule has 1 N–H and O–H groups in total. The van der Waals surface area contributed by atoms with E-state index in [0.29, 0.717) is 6.42 Å². The Balaban J connectivity index is 2.42. The topological polar surface area (TPSA) is 42.1 Å². The fourth-order valence-corrected chi connectivity index (χ4v) is 1.66. The molecule has 2 rings (SSSR count). The molecule has 3 heteroatoms. The molecular weight excluding hydrogens is 190 g/mol. The molecule has 0 amide bonds. The Morgan fingerprint density at radius 2 is 2.20 bits per heavy atom. The lowest BCUT2D eigenvalue weighted by molar-refractivity contribution is -0.116. The summed E-state index contributed by atoms with van der Waals surface area (Å²) < 4.78 is 5.13. The summed E-state index contributed by atoms with van der Waals surface area (Å²) in [6.07, 6.45) is 0.455. The highest BCUT2D eigenvalue weighted by Crippen LogP contribution is 2.21. The largest absolute Gasteiger partial charge is 0.497 e. The van der Waals surface area contributed by atoms with Crippen LogP contribution in [-0.4, -0.2) is 17.9 Å². The lowest BCUT2D eigenvalue weighted by Gasteiger charge is -1.97. The van der Waals surface area contributed by atoms with Gasteiger partial charge in [0.1, 0.15) is 11.5 Å². The second-order valence-electron chi connectivity index (χ2n) is 3.63. The lowest BCUT2D eigenvalue weighted by Crippen LogP contribution is -1.95. The van der Waals surface area contributed by atoms with Crippen molar-refractivity contribution in [3.05, 3.63) is 30.0 Å². The van der Waals surface area contributed by atoms with Crippen molar-refractivity contribution in [2.24, 2.45) is 0 Å². The van der Waals surface area contributed by atoms with E-state index in [0.717, 1.165) is 22.3 Å². The van der Waals surface area contributed by atoms with Gasteiger partial charge in [-0.15, -0.1) is 0 Å². The van der Waals surface area contributed by atoms with Gasteiger partial charge < -0.3 is 9.72 Å². The van der Waals surface area contributed by atoms with Crippen LogP contribution < -0.4 is 4.74 Å². The number of Topliss-reactive ketones (excluding diaryl/α,β-unsaturated/α-hetero) is 1. The van der Waals surface area contributed by atoms with Gasteiger partial charge in [-0.3, -0.25) is 4.79 Å². The summed E-state index contributed by atoms with van der Waals surface area (Å²) in [7, 11) is 1.64. The number of ketones is 1. The smallest absolute Gasteiger partial charge is 0.135 e. The highest BCUT2D eigenvalue weighted by Gasteiger charge is 2.03. The van der Waals surface area contributed by atoms with Crippen LogP contribution in [0.15, 0.2) is 24.3 Å². The van der Waals surface area contributed by atoms with E-state index in [9.17, 15) is 4.79 Å². The quantitative estimate of drug-likeness (QED) is 0.831. The minimum Gasteiger partial charge on any atom is -0.497 e. The van der Waals surface area contributed by atoms with E-state index in [1.807, 2.05) is 24.3 Å². The Kier molecular flexibility index (Phi) is 2.46. The number of hydrogen-bond acceptors (Lipinski definition) is 2. The predicted molar refractivity (Wildman–Crippen MR) is 59.2 cm³/mol. The summed E-state index contributed by atoms with van der Waals surface area (Å²) in [6, 6.07) is 7.82. The molecule has 0 bridgehead atoms. The van der Waals surface area contributed by atoms with Gasteiger partial charge in [0.15, 0.2) is 0 Å². The van der Waals surface area contributed by atoms with Crippen LogP contribution in [0.1, 0.15) is 12.6 Å². The summed E-state index contributed by atoms with van der Waals surface area (Å²) in [5, 5.41) is 1.10. The van der Waals surface area contributed by atoms with E-state index in [4.69, 9.17) is 4.74 Å². The maximum absolute atomic E-state index is 11.0. The van der Waals surface area contributed by atoms with Crippen molar-refractivity contribution in [2.75, 3.05) is 7.11 Å². The Morgan fingerprint density at radius 1 is 1.40 bits per heavy atom. The molecule has 2 aromatic rings. The van der Waals surface area contributed by atoms with Gasteiger partial charge in [-0.25, -0.2) is 0 Å². The number of nitrogens with one attached hydrogen (secondary N) is 1. The maximum Gasteiger partial charge on any atom is 0.135 e. The van der Waals surface area contributed by atoms with E-state index >= 15 is 0 Å². The van der Waals surface area contributed by atoms with Gasteiger partial charge in [-0.1, -0.05) is 0 Å². The number of aromatic nitrogens is 1. The second-order valence-corrected chi connectivity index (χ2v) is 3.63. The van der Waals surface area contributed by atoms with Crippen molar-refractivity contribution in [3.63, 3.8) is 0 Å². The number of carbonyl (C=O) groups is 1. The molecule has 0 spiro atoms. The average Bonchev–Trinajstić information content (AvgIpc) is 2.57. The van der Waals surface area contributed by atoms with Crippen molar-refractivity contribution in [1.29, 1.82) is 0 Å². The van der Waals surface area contributed by atoms with Crippen molar-refractivity contribution in [2.45, 2.75) is 13.3 Å². The van der Waals surface area contributed by atoms with Crippen LogP contribution in [0, 0.1) is 0 Å². The third kappa shape index (κ3) is 2.01. The van der Waals surface area contributed by atoms with Crippen molar-refractivity contribution < 1.29 is 9.53 Å². The molecule has 0 atom stereocenters. The molecule has 0 saturated heterocycles. The molecule has 0 aliphatic rings. The number of aromatic amines is 1. The number of carbonyl (C=O) groups excluding carboxylic acids is 1. The lowest BCUT2D eigenvalue weighted by atomic mass is 10.2. The summed E-state index contributed by atoms with van der Waals surface area (Å²) >= 11 is 0. The van der Waals surface area contributed by atoms with Crippen molar-refractivity contribution in [3.8, 4) is 5.75 Å². The zero-order valence-electron chi connectivity index (χ0n) is 8.83. The monoisotopic (exact) mass is 203 g/mol. The summed E-state index contributed by atoms with van der Waals surface area (Å²) in [4.78, 5) is 14.2. The van der Waals surface area contributed by atoms with Crippen LogP contribution in [0.3, 0.4) is 0 Å². The number of methoxy groups -OCH3 is 1. The number of hydrogen-bond donors (Lipinski definition) is 1. The van der Waals surface area contributed by atoms with Crippen LogP contribution in [0.4, 0.5) is 0 Å². The van der Waals surface area contributed by atoms with Gasteiger partial charge in [0.05, 0.1) is 7.11 Å². The second kappa shape index (κ2) is 3.77. The number of rotatable bonds is 3. The average molecular weight is 203 g/mol. The van der Waals surface area contributed by atoms with Gasteiger partial charge in [0.2, 0.25) is 0 Å². The maximum atomic E-state index is 11.0. The highest BCUT2D eigenvalue weighted by molar-refractivity contribution is 5.84. The third-order valence-corrected chi connectivity index (χ3v) is 2.32. The molecule has 0 saturated carbocycles. The standard InChI is InChI=1S/C12H13NO2/c1-8(14)5-10-6-9-3-4-11(15-2)7-12(9)13-10/h3-4,6-7,13H,5H2,1-2H3. The Labute approximate surface area is 88.1 Å². The molecule has 3 nitrogen and oxygen atoms in total. The van der Waals surface area contributed by atoms with Crippen molar-refractivity contribution >= 4 is 16.7 Å². The molecule has 0 aliphatic heterocycles. The van der Waals surface area contributed by atoms with E-state index < -0.39 is 0 Å². The first-order chi connectivity index (χ1) is 7.19. The first-order valence-corrected chi connectivity index (χ1v) is 4.84. The SMILES string of the molecule is COc1ccc2cc(CC(C)=O)[nH]c2c1. The normalized spacial score (nSPS) is 10.5. The number of ether oxygens (including phenoxy) is 1. The van der Waals surface area contributed by atoms with E-state index in [1.165, 1.54) is 0 Å². The van der Waals surface area contributed by atoms with Gasteiger partial charge >= 0.3 is 0 Å². The third-order valence-electron chi connectivity index (χ3n) is 2.32.